The molecular weight excluding hydrogens is 359 g/mol. The third-order valence-electron chi connectivity index (χ3n) is 4.03. The molecule has 2 aromatic carbocycles. The molecule has 0 radical (unpaired) electrons. The molecule has 0 fully saturated rings. The normalized spacial score (nSPS) is 12.3. The van der Waals surface area contributed by atoms with Crippen LogP contribution in [-0.2, 0) is 22.1 Å². The number of carbonyl (C=O) groups excluding carboxylic acids is 2. The van der Waals surface area contributed by atoms with E-state index in [-0.39, 0.29) is 11.6 Å². The first-order valence-electron chi connectivity index (χ1n) is 8.43. The monoisotopic (exact) mass is 379 g/mol. The maximum Gasteiger partial charge on any atom is 0.416 e. The number of aryl methyl sites for hydroxylation is 1. The summed E-state index contributed by atoms with van der Waals surface area (Å²) >= 11 is 0. The first kappa shape index (κ1) is 20.5. The van der Waals surface area contributed by atoms with Crippen LogP contribution in [0.2, 0.25) is 0 Å². The summed E-state index contributed by atoms with van der Waals surface area (Å²) in [5.74, 6) is -1.53. The minimum absolute atomic E-state index is 0.263. The molecule has 0 aromatic heterocycles. The summed E-state index contributed by atoms with van der Waals surface area (Å²) in [5, 5.41) is 2.68. The van der Waals surface area contributed by atoms with Crippen LogP contribution in [-0.4, -0.2) is 18.5 Å². The van der Waals surface area contributed by atoms with Crippen LogP contribution < -0.4 is 5.32 Å². The number of benzene rings is 2. The van der Waals surface area contributed by atoms with E-state index in [1.807, 2.05) is 31.2 Å². The van der Waals surface area contributed by atoms with Gasteiger partial charge in [0.15, 0.2) is 6.61 Å². The van der Waals surface area contributed by atoms with Crippen molar-refractivity contribution in [2.75, 3.05) is 6.61 Å². The number of nitrogens with one attached hydrogen (secondary N) is 1. The van der Waals surface area contributed by atoms with Crippen LogP contribution in [0, 0.1) is 0 Å². The van der Waals surface area contributed by atoms with E-state index in [0.29, 0.717) is 6.07 Å². The Hall–Kier alpha value is -2.83. The molecule has 0 aliphatic carbocycles. The smallest absolute Gasteiger partial charge is 0.416 e. The van der Waals surface area contributed by atoms with Crippen LogP contribution in [0.4, 0.5) is 13.2 Å². The van der Waals surface area contributed by atoms with Gasteiger partial charge in [0.05, 0.1) is 17.2 Å². The molecule has 1 amide bonds. The molecule has 2 rings (SSSR count). The van der Waals surface area contributed by atoms with Gasteiger partial charge in [-0.05, 0) is 42.7 Å². The summed E-state index contributed by atoms with van der Waals surface area (Å²) < 4.78 is 42.9. The number of carbonyl (C=O) groups is 2. The predicted octanol–water partition coefficient (Wildman–Crippen LogP) is 4.30. The van der Waals surface area contributed by atoms with Crippen molar-refractivity contribution in [2.24, 2.45) is 0 Å². The second-order valence-corrected chi connectivity index (χ2v) is 6.04. The van der Waals surface area contributed by atoms with E-state index in [1.165, 1.54) is 11.6 Å². The van der Waals surface area contributed by atoms with Crippen molar-refractivity contribution in [3.63, 3.8) is 0 Å². The van der Waals surface area contributed by atoms with E-state index in [9.17, 15) is 22.8 Å². The summed E-state index contributed by atoms with van der Waals surface area (Å²) in [6, 6.07) is 11.3. The average molecular weight is 379 g/mol. The lowest BCUT2D eigenvalue weighted by Gasteiger charge is -2.15. The Kier molecular flexibility index (Phi) is 6.60. The molecule has 144 valence electrons. The van der Waals surface area contributed by atoms with Crippen LogP contribution in [0.5, 0.6) is 0 Å². The van der Waals surface area contributed by atoms with Gasteiger partial charge in [-0.2, -0.15) is 13.2 Å². The van der Waals surface area contributed by atoms with Crippen LogP contribution in [0.15, 0.2) is 48.5 Å². The van der Waals surface area contributed by atoms with Crippen LogP contribution in [0.1, 0.15) is 46.9 Å². The Morgan fingerprint density at radius 2 is 1.78 bits per heavy atom. The Morgan fingerprint density at radius 3 is 2.37 bits per heavy atom. The number of hydrogen-bond donors (Lipinski definition) is 1. The highest BCUT2D eigenvalue weighted by Crippen LogP contribution is 2.29. The topological polar surface area (TPSA) is 55.4 Å². The van der Waals surface area contributed by atoms with Gasteiger partial charge in [0.2, 0.25) is 0 Å². The lowest BCUT2D eigenvalue weighted by Crippen LogP contribution is -2.31. The van der Waals surface area contributed by atoms with Crippen molar-refractivity contribution < 1.29 is 27.5 Å². The molecule has 0 bridgehead atoms. The highest BCUT2D eigenvalue weighted by atomic mass is 19.4. The SMILES string of the molecule is CCc1ccc([C@H](C)NC(=O)COC(=O)c2cccc(C(F)(F)F)c2)cc1. The number of halogens is 3. The van der Waals surface area contributed by atoms with Gasteiger partial charge in [0.25, 0.3) is 5.91 Å². The highest BCUT2D eigenvalue weighted by Gasteiger charge is 2.31. The van der Waals surface area contributed by atoms with Gasteiger partial charge in [-0.25, -0.2) is 4.79 Å². The Morgan fingerprint density at radius 1 is 1.11 bits per heavy atom. The van der Waals surface area contributed by atoms with Gasteiger partial charge >= 0.3 is 12.1 Å². The van der Waals surface area contributed by atoms with Crippen molar-refractivity contribution in [3.05, 3.63) is 70.8 Å². The second-order valence-electron chi connectivity index (χ2n) is 6.04. The summed E-state index contributed by atoms with van der Waals surface area (Å²) in [4.78, 5) is 23.8. The maximum atomic E-state index is 12.7. The van der Waals surface area contributed by atoms with Crippen LogP contribution >= 0.6 is 0 Å². The van der Waals surface area contributed by atoms with Gasteiger partial charge in [-0.15, -0.1) is 0 Å². The van der Waals surface area contributed by atoms with E-state index in [1.54, 1.807) is 6.92 Å². The molecule has 0 heterocycles. The molecule has 0 saturated heterocycles. The van der Waals surface area contributed by atoms with Crippen LogP contribution in [0.3, 0.4) is 0 Å². The lowest BCUT2D eigenvalue weighted by molar-refractivity contribution is -0.137. The van der Waals surface area contributed by atoms with E-state index in [2.05, 4.69) is 5.32 Å². The molecule has 7 heteroatoms. The van der Waals surface area contributed by atoms with Gasteiger partial charge in [0.1, 0.15) is 0 Å². The fourth-order valence-corrected chi connectivity index (χ4v) is 2.45. The second kappa shape index (κ2) is 8.70. The van der Waals surface area contributed by atoms with E-state index < -0.39 is 30.2 Å². The molecule has 0 saturated carbocycles. The molecule has 4 nitrogen and oxygen atoms in total. The molecular formula is C20H20F3NO3. The zero-order valence-electron chi connectivity index (χ0n) is 15.0. The quantitative estimate of drug-likeness (QED) is 0.762. The summed E-state index contributed by atoms with van der Waals surface area (Å²) in [5.41, 5.74) is 0.850. The number of hydrogen-bond acceptors (Lipinski definition) is 3. The minimum atomic E-state index is -4.56. The molecule has 27 heavy (non-hydrogen) atoms. The minimum Gasteiger partial charge on any atom is -0.452 e. The third kappa shape index (κ3) is 5.84. The summed E-state index contributed by atoms with van der Waals surface area (Å²) in [6.45, 7) is 3.25. The van der Waals surface area contributed by atoms with Crippen molar-refractivity contribution >= 4 is 11.9 Å². The molecule has 2 aromatic rings. The summed E-state index contributed by atoms with van der Waals surface area (Å²) in [7, 11) is 0. The van der Waals surface area contributed by atoms with Gasteiger partial charge in [-0.3, -0.25) is 4.79 Å². The third-order valence-corrected chi connectivity index (χ3v) is 4.03. The van der Waals surface area contributed by atoms with E-state index >= 15 is 0 Å². The van der Waals surface area contributed by atoms with Crippen molar-refractivity contribution in [1.82, 2.24) is 5.32 Å². The standard InChI is InChI=1S/C20H20F3NO3/c1-3-14-7-9-15(10-8-14)13(2)24-18(25)12-27-19(26)16-5-4-6-17(11-16)20(21,22)23/h4-11,13H,3,12H2,1-2H3,(H,24,25)/t13-/m0/s1. The Bertz CT molecular complexity index is 801. The number of alkyl halides is 3. The molecule has 1 N–H and O–H groups in total. The predicted molar refractivity (Wildman–Crippen MR) is 94.1 cm³/mol. The van der Waals surface area contributed by atoms with Crippen molar-refractivity contribution in [2.45, 2.75) is 32.5 Å². The molecule has 1 atom stereocenters. The Balaban J connectivity index is 1.90. The van der Waals surface area contributed by atoms with Crippen LogP contribution in [0.25, 0.3) is 0 Å². The fraction of sp³-hybridized carbons (Fsp3) is 0.300. The molecule has 0 unspecified atom stereocenters. The number of rotatable bonds is 6. The van der Waals surface area contributed by atoms with Gasteiger partial charge < -0.3 is 10.1 Å². The number of amides is 1. The first-order chi connectivity index (χ1) is 12.7. The molecule has 0 aliphatic rings. The zero-order valence-corrected chi connectivity index (χ0v) is 15.0. The van der Waals surface area contributed by atoms with Gasteiger partial charge in [-0.1, -0.05) is 37.3 Å². The molecule has 0 spiro atoms. The largest absolute Gasteiger partial charge is 0.452 e. The number of ether oxygens (including phenoxy) is 1. The molecule has 0 aliphatic heterocycles. The van der Waals surface area contributed by atoms with Crippen molar-refractivity contribution in [1.29, 1.82) is 0 Å². The summed E-state index contributed by atoms with van der Waals surface area (Å²) in [6.07, 6.45) is -3.65. The zero-order chi connectivity index (χ0) is 20.0. The average Bonchev–Trinajstić information content (AvgIpc) is 2.65. The Labute approximate surface area is 155 Å². The highest BCUT2D eigenvalue weighted by molar-refractivity contribution is 5.91. The fourth-order valence-electron chi connectivity index (χ4n) is 2.45. The maximum absolute atomic E-state index is 12.7. The van der Waals surface area contributed by atoms with E-state index in [0.717, 1.165) is 24.1 Å². The van der Waals surface area contributed by atoms with Gasteiger partial charge in [0, 0.05) is 0 Å². The lowest BCUT2D eigenvalue weighted by atomic mass is 10.1. The first-order valence-corrected chi connectivity index (χ1v) is 8.43. The van der Waals surface area contributed by atoms with Crippen molar-refractivity contribution in [3.8, 4) is 0 Å². The van der Waals surface area contributed by atoms with E-state index in [4.69, 9.17) is 4.74 Å². The number of esters is 1.